The number of hydrogen-bond acceptors (Lipinski definition) is 1. The van der Waals surface area contributed by atoms with E-state index in [4.69, 9.17) is 5.11 Å². The number of amides is 1. The van der Waals surface area contributed by atoms with Crippen molar-refractivity contribution in [3.8, 4) is 0 Å². The van der Waals surface area contributed by atoms with Crippen molar-refractivity contribution in [3.05, 3.63) is 34.9 Å². The Morgan fingerprint density at radius 3 is 2.69 bits per heavy atom. The van der Waals surface area contributed by atoms with E-state index in [1.54, 1.807) is 0 Å². The average molecular weight is 179 g/mol. The molecule has 3 heteroatoms. The van der Waals surface area contributed by atoms with Crippen molar-refractivity contribution >= 4 is 6.09 Å². The zero-order valence-electron chi connectivity index (χ0n) is 7.79. The van der Waals surface area contributed by atoms with E-state index in [1.807, 2.05) is 32.0 Å². The van der Waals surface area contributed by atoms with Gasteiger partial charge in [0.25, 0.3) is 0 Å². The highest BCUT2D eigenvalue weighted by Crippen LogP contribution is 2.09. The lowest BCUT2D eigenvalue weighted by Crippen LogP contribution is -2.20. The molecule has 0 aliphatic rings. The first-order chi connectivity index (χ1) is 6.09. The minimum absolute atomic E-state index is 0.376. The zero-order chi connectivity index (χ0) is 9.84. The maximum Gasteiger partial charge on any atom is 0.404 e. The Kier molecular flexibility index (Phi) is 2.90. The van der Waals surface area contributed by atoms with Gasteiger partial charge in [-0.05, 0) is 25.0 Å². The van der Waals surface area contributed by atoms with Crippen molar-refractivity contribution in [1.82, 2.24) is 5.32 Å². The largest absolute Gasteiger partial charge is 0.465 e. The molecule has 0 heterocycles. The van der Waals surface area contributed by atoms with Gasteiger partial charge in [0.1, 0.15) is 0 Å². The first-order valence-electron chi connectivity index (χ1n) is 4.12. The summed E-state index contributed by atoms with van der Waals surface area (Å²) in [5.74, 6) is 0. The van der Waals surface area contributed by atoms with Crippen molar-refractivity contribution in [2.45, 2.75) is 20.4 Å². The summed E-state index contributed by atoms with van der Waals surface area (Å²) < 4.78 is 0. The Hall–Kier alpha value is -1.51. The first-order valence-corrected chi connectivity index (χ1v) is 4.12. The van der Waals surface area contributed by atoms with Crippen LogP contribution in [0.15, 0.2) is 18.2 Å². The van der Waals surface area contributed by atoms with Crippen molar-refractivity contribution in [2.75, 3.05) is 0 Å². The van der Waals surface area contributed by atoms with Crippen LogP contribution < -0.4 is 5.32 Å². The number of rotatable bonds is 2. The molecule has 0 aromatic heterocycles. The third kappa shape index (κ3) is 2.78. The minimum Gasteiger partial charge on any atom is -0.465 e. The molecule has 2 N–H and O–H groups in total. The molecular weight excluding hydrogens is 166 g/mol. The summed E-state index contributed by atoms with van der Waals surface area (Å²) in [4.78, 5) is 10.2. The van der Waals surface area contributed by atoms with Crippen LogP contribution in [0.3, 0.4) is 0 Å². The Morgan fingerprint density at radius 2 is 2.15 bits per heavy atom. The fourth-order valence-corrected chi connectivity index (χ4v) is 1.21. The van der Waals surface area contributed by atoms with Crippen molar-refractivity contribution < 1.29 is 9.90 Å². The molecule has 1 aromatic carbocycles. The number of carboxylic acid groups (broad SMARTS) is 1. The quantitative estimate of drug-likeness (QED) is 0.730. The lowest BCUT2D eigenvalue weighted by atomic mass is 10.1. The van der Waals surface area contributed by atoms with Gasteiger partial charge in [-0.15, -0.1) is 0 Å². The van der Waals surface area contributed by atoms with E-state index in [0.29, 0.717) is 6.54 Å². The Morgan fingerprint density at radius 1 is 1.46 bits per heavy atom. The van der Waals surface area contributed by atoms with Crippen LogP contribution in [0.2, 0.25) is 0 Å². The van der Waals surface area contributed by atoms with E-state index in [2.05, 4.69) is 5.32 Å². The molecule has 1 amide bonds. The summed E-state index contributed by atoms with van der Waals surface area (Å²) >= 11 is 0. The van der Waals surface area contributed by atoms with E-state index < -0.39 is 6.09 Å². The molecule has 0 aliphatic carbocycles. The van der Waals surface area contributed by atoms with E-state index in [9.17, 15) is 4.79 Å². The number of aryl methyl sites for hydroxylation is 2. The molecule has 0 bridgehead atoms. The predicted molar refractivity (Wildman–Crippen MR) is 50.8 cm³/mol. The minimum atomic E-state index is -0.986. The molecule has 3 nitrogen and oxygen atoms in total. The van der Waals surface area contributed by atoms with E-state index in [-0.39, 0.29) is 0 Å². The second kappa shape index (κ2) is 3.94. The number of carbonyl (C=O) groups is 1. The molecular formula is C10H13NO2. The van der Waals surface area contributed by atoms with Crippen LogP contribution in [-0.2, 0) is 6.54 Å². The van der Waals surface area contributed by atoms with E-state index in [0.717, 1.165) is 11.1 Å². The molecule has 0 unspecified atom stereocenters. The molecule has 0 saturated heterocycles. The van der Waals surface area contributed by atoms with Gasteiger partial charge < -0.3 is 10.4 Å². The lowest BCUT2D eigenvalue weighted by Gasteiger charge is -2.06. The second-order valence-corrected chi connectivity index (χ2v) is 3.09. The predicted octanol–water partition coefficient (Wildman–Crippen LogP) is 2.07. The molecule has 0 aliphatic heterocycles. The lowest BCUT2D eigenvalue weighted by molar-refractivity contribution is 0.194. The number of hydrogen-bond donors (Lipinski definition) is 2. The van der Waals surface area contributed by atoms with Crippen molar-refractivity contribution in [3.63, 3.8) is 0 Å². The van der Waals surface area contributed by atoms with Gasteiger partial charge in [0, 0.05) is 6.54 Å². The Bertz CT molecular complexity index is 321. The van der Waals surface area contributed by atoms with Crippen LogP contribution in [0, 0.1) is 13.8 Å². The van der Waals surface area contributed by atoms with E-state index >= 15 is 0 Å². The Labute approximate surface area is 77.4 Å². The van der Waals surface area contributed by atoms with Gasteiger partial charge in [-0.1, -0.05) is 23.8 Å². The monoisotopic (exact) mass is 179 g/mol. The van der Waals surface area contributed by atoms with Gasteiger partial charge in [0.05, 0.1) is 0 Å². The summed E-state index contributed by atoms with van der Waals surface area (Å²) in [6.07, 6.45) is -0.986. The maximum absolute atomic E-state index is 10.2. The highest BCUT2D eigenvalue weighted by atomic mass is 16.4. The molecule has 1 rings (SSSR count). The van der Waals surface area contributed by atoms with Crippen LogP contribution in [0.5, 0.6) is 0 Å². The number of benzene rings is 1. The second-order valence-electron chi connectivity index (χ2n) is 3.09. The smallest absolute Gasteiger partial charge is 0.404 e. The number of nitrogens with one attached hydrogen (secondary N) is 1. The molecule has 0 atom stereocenters. The molecule has 0 spiro atoms. The van der Waals surface area contributed by atoms with Gasteiger partial charge in [-0.2, -0.15) is 0 Å². The summed E-state index contributed by atoms with van der Waals surface area (Å²) in [5.41, 5.74) is 3.33. The van der Waals surface area contributed by atoms with Crippen LogP contribution in [0.25, 0.3) is 0 Å². The zero-order valence-corrected chi connectivity index (χ0v) is 7.79. The standard InChI is InChI=1S/C10H13NO2/c1-7-3-4-9(8(2)5-7)6-11-10(12)13/h3-5,11H,6H2,1-2H3,(H,12,13). The van der Waals surface area contributed by atoms with Gasteiger partial charge in [-0.3, -0.25) is 0 Å². The van der Waals surface area contributed by atoms with Gasteiger partial charge in [-0.25, -0.2) is 4.79 Å². The maximum atomic E-state index is 10.2. The average Bonchev–Trinajstić information content (AvgIpc) is 2.02. The SMILES string of the molecule is Cc1ccc(CNC(=O)O)c(C)c1. The van der Waals surface area contributed by atoms with Crippen LogP contribution in [0.1, 0.15) is 16.7 Å². The van der Waals surface area contributed by atoms with Gasteiger partial charge in [0.2, 0.25) is 0 Å². The molecule has 0 radical (unpaired) electrons. The van der Waals surface area contributed by atoms with Crippen LogP contribution >= 0.6 is 0 Å². The summed E-state index contributed by atoms with van der Waals surface area (Å²) in [5, 5.41) is 10.7. The fraction of sp³-hybridized carbons (Fsp3) is 0.300. The third-order valence-corrected chi connectivity index (χ3v) is 1.93. The first kappa shape index (κ1) is 9.58. The van der Waals surface area contributed by atoms with Crippen LogP contribution in [0.4, 0.5) is 4.79 Å². The third-order valence-electron chi connectivity index (χ3n) is 1.93. The summed E-state index contributed by atoms with van der Waals surface area (Å²) in [6.45, 7) is 4.37. The Balaban J connectivity index is 2.72. The normalized spacial score (nSPS) is 9.69. The fourth-order valence-electron chi connectivity index (χ4n) is 1.21. The highest BCUT2D eigenvalue weighted by Gasteiger charge is 1.99. The molecule has 1 aromatic rings. The van der Waals surface area contributed by atoms with Crippen LogP contribution in [-0.4, -0.2) is 11.2 Å². The highest BCUT2D eigenvalue weighted by molar-refractivity contribution is 5.64. The molecule has 13 heavy (non-hydrogen) atoms. The van der Waals surface area contributed by atoms with Gasteiger partial charge in [0.15, 0.2) is 0 Å². The summed E-state index contributed by atoms with van der Waals surface area (Å²) in [6, 6.07) is 5.96. The topological polar surface area (TPSA) is 49.3 Å². The van der Waals surface area contributed by atoms with E-state index in [1.165, 1.54) is 5.56 Å². The van der Waals surface area contributed by atoms with Crippen molar-refractivity contribution in [1.29, 1.82) is 0 Å². The molecule has 0 saturated carbocycles. The molecule has 70 valence electrons. The van der Waals surface area contributed by atoms with Gasteiger partial charge >= 0.3 is 6.09 Å². The van der Waals surface area contributed by atoms with Crippen molar-refractivity contribution in [2.24, 2.45) is 0 Å². The summed E-state index contributed by atoms with van der Waals surface area (Å²) in [7, 11) is 0. The molecule has 0 fully saturated rings.